The minimum absolute atomic E-state index is 0.0457. The summed E-state index contributed by atoms with van der Waals surface area (Å²) in [6.45, 7) is 0. The molecule has 9 heteroatoms. The molecule has 1 aromatic rings. The van der Waals surface area contributed by atoms with Crippen LogP contribution in [-0.4, -0.2) is 51.0 Å². The first kappa shape index (κ1) is 20.8. The van der Waals surface area contributed by atoms with Crippen molar-refractivity contribution in [3.05, 3.63) is 29.8 Å². The lowest BCUT2D eigenvalue weighted by molar-refractivity contribution is -0.139. The quantitative estimate of drug-likeness (QED) is 0.768. The normalized spacial score (nSPS) is 31.1. The topological polar surface area (TPSA) is 105 Å². The molecule has 0 heterocycles. The van der Waals surface area contributed by atoms with Crippen molar-refractivity contribution in [3.8, 4) is 5.75 Å². The maximum Gasteiger partial charge on any atom is 0.324 e. The van der Waals surface area contributed by atoms with Gasteiger partial charge in [0.15, 0.2) is 0 Å². The standard InChI is InChI=1S/C21H27N3O5S/c1-22-20(26)24(18(25)10-13-3-5-17(29-2)6-4-13)19-16-8-14-7-15(9-16)12-21(19,11-14)23-30(27)28/h3-6,14-16,19H,7-12H2,1-2H3,(H,22,26). The fourth-order valence-corrected chi connectivity index (χ4v) is 6.77. The first-order valence-electron chi connectivity index (χ1n) is 10.3. The zero-order valence-corrected chi connectivity index (χ0v) is 18.0. The van der Waals surface area contributed by atoms with Gasteiger partial charge in [0.05, 0.1) is 25.1 Å². The van der Waals surface area contributed by atoms with Gasteiger partial charge in [0.2, 0.25) is 5.91 Å². The third kappa shape index (κ3) is 3.71. The van der Waals surface area contributed by atoms with E-state index in [1.807, 2.05) is 0 Å². The summed E-state index contributed by atoms with van der Waals surface area (Å²) >= 11 is 0. The Hall–Kier alpha value is -2.42. The van der Waals surface area contributed by atoms with Crippen LogP contribution in [0.4, 0.5) is 4.79 Å². The maximum atomic E-state index is 13.4. The zero-order chi connectivity index (χ0) is 21.5. The first-order chi connectivity index (χ1) is 14.3. The molecule has 4 saturated carbocycles. The van der Waals surface area contributed by atoms with Gasteiger partial charge in [0, 0.05) is 7.05 Å². The van der Waals surface area contributed by atoms with Crippen LogP contribution in [0.25, 0.3) is 0 Å². The highest BCUT2D eigenvalue weighted by Gasteiger charge is 2.61. The number of imide groups is 1. The summed E-state index contributed by atoms with van der Waals surface area (Å²) < 4.78 is 32.5. The Bertz CT molecular complexity index is 953. The Morgan fingerprint density at radius 1 is 1.17 bits per heavy atom. The number of hydrogen-bond acceptors (Lipinski definition) is 6. The van der Waals surface area contributed by atoms with Gasteiger partial charge in [-0.1, -0.05) is 12.1 Å². The molecular formula is C21H27N3O5S. The van der Waals surface area contributed by atoms with Crippen molar-refractivity contribution in [3.63, 3.8) is 0 Å². The van der Waals surface area contributed by atoms with Crippen molar-refractivity contribution in [2.45, 2.75) is 50.1 Å². The Morgan fingerprint density at radius 3 is 2.33 bits per heavy atom. The molecule has 3 unspecified atom stereocenters. The molecule has 4 aliphatic rings. The summed E-state index contributed by atoms with van der Waals surface area (Å²) in [5.74, 6) is 1.25. The monoisotopic (exact) mass is 433 g/mol. The predicted octanol–water partition coefficient (Wildman–Crippen LogP) is 2.42. The van der Waals surface area contributed by atoms with E-state index in [2.05, 4.69) is 9.68 Å². The van der Waals surface area contributed by atoms with Crippen molar-refractivity contribution in [1.82, 2.24) is 10.2 Å². The molecule has 4 bridgehead atoms. The van der Waals surface area contributed by atoms with Crippen LogP contribution in [0.5, 0.6) is 5.75 Å². The number of rotatable bonds is 5. The van der Waals surface area contributed by atoms with E-state index in [1.165, 1.54) is 11.9 Å². The van der Waals surface area contributed by atoms with Gasteiger partial charge < -0.3 is 10.1 Å². The highest BCUT2D eigenvalue weighted by Crippen LogP contribution is 2.58. The Kier molecular flexibility index (Phi) is 5.57. The van der Waals surface area contributed by atoms with E-state index in [4.69, 9.17) is 4.74 Å². The SMILES string of the molecule is CNC(=O)N(C(=O)Cc1ccc(OC)cc1)C1C2CC3CC(C2)CC1(N=S(=O)=O)C3. The number of hydrogen-bond donors (Lipinski definition) is 1. The minimum Gasteiger partial charge on any atom is -0.497 e. The number of amides is 3. The summed E-state index contributed by atoms with van der Waals surface area (Å²) in [6.07, 6.45) is 4.18. The van der Waals surface area contributed by atoms with E-state index in [0.717, 1.165) is 24.8 Å². The molecule has 0 aliphatic heterocycles. The van der Waals surface area contributed by atoms with Crippen LogP contribution in [0.15, 0.2) is 28.6 Å². The number of nitrogens with zero attached hydrogens (tertiary/aromatic N) is 2. The number of carbonyl (C=O) groups excluding carboxylic acids is 2. The number of urea groups is 1. The van der Waals surface area contributed by atoms with Gasteiger partial charge in [0.1, 0.15) is 5.75 Å². The van der Waals surface area contributed by atoms with Crippen molar-refractivity contribution >= 4 is 22.4 Å². The van der Waals surface area contributed by atoms with Crippen LogP contribution in [-0.2, 0) is 21.7 Å². The number of nitrogens with one attached hydrogen (secondary N) is 1. The smallest absolute Gasteiger partial charge is 0.324 e. The van der Waals surface area contributed by atoms with Crippen LogP contribution >= 0.6 is 0 Å². The number of ether oxygens (including phenoxy) is 1. The van der Waals surface area contributed by atoms with Crippen molar-refractivity contribution in [1.29, 1.82) is 0 Å². The maximum absolute atomic E-state index is 13.4. The Balaban J connectivity index is 1.69. The van der Waals surface area contributed by atoms with Gasteiger partial charge in [-0.25, -0.2) is 4.79 Å². The van der Waals surface area contributed by atoms with Crippen LogP contribution in [0, 0.1) is 17.8 Å². The van der Waals surface area contributed by atoms with E-state index in [9.17, 15) is 18.0 Å². The van der Waals surface area contributed by atoms with Gasteiger partial charge in [-0.15, -0.1) is 0 Å². The third-order valence-electron chi connectivity index (χ3n) is 6.97. The summed E-state index contributed by atoms with van der Waals surface area (Å²) in [5.41, 5.74) is -0.138. The largest absolute Gasteiger partial charge is 0.497 e. The summed E-state index contributed by atoms with van der Waals surface area (Å²) in [6, 6.07) is 6.09. The molecule has 162 valence electrons. The van der Waals surface area contributed by atoms with E-state index in [1.54, 1.807) is 31.4 Å². The van der Waals surface area contributed by atoms with Crippen LogP contribution in [0.1, 0.15) is 37.7 Å². The van der Waals surface area contributed by atoms with Crippen LogP contribution in [0.3, 0.4) is 0 Å². The lowest BCUT2D eigenvalue weighted by Gasteiger charge is -2.60. The van der Waals surface area contributed by atoms with E-state index in [0.29, 0.717) is 30.4 Å². The molecule has 1 N–H and O–H groups in total. The average molecular weight is 434 g/mol. The second kappa shape index (κ2) is 8.02. The van der Waals surface area contributed by atoms with Crippen molar-refractivity contribution in [2.24, 2.45) is 22.1 Å². The molecule has 0 saturated heterocycles. The fraction of sp³-hybridized carbons (Fsp3) is 0.619. The first-order valence-corrected chi connectivity index (χ1v) is 11.4. The molecule has 30 heavy (non-hydrogen) atoms. The summed E-state index contributed by atoms with van der Waals surface area (Å²) in [5, 5.41) is 2.58. The fourth-order valence-electron chi connectivity index (χ4n) is 6.22. The van der Waals surface area contributed by atoms with Gasteiger partial charge >= 0.3 is 16.5 Å². The van der Waals surface area contributed by atoms with Gasteiger partial charge in [-0.2, -0.15) is 12.8 Å². The lowest BCUT2D eigenvalue weighted by Crippen LogP contribution is -2.68. The lowest BCUT2D eigenvalue weighted by atomic mass is 9.50. The van der Waals surface area contributed by atoms with E-state index >= 15 is 0 Å². The van der Waals surface area contributed by atoms with Crippen LogP contribution in [0.2, 0.25) is 0 Å². The Labute approximate surface area is 177 Å². The molecule has 1 aromatic carbocycles. The molecule has 0 radical (unpaired) electrons. The molecule has 3 atom stereocenters. The second-order valence-corrected chi connectivity index (χ2v) is 9.42. The van der Waals surface area contributed by atoms with Crippen LogP contribution < -0.4 is 10.1 Å². The summed E-state index contributed by atoms with van der Waals surface area (Å²) in [4.78, 5) is 27.5. The highest BCUT2D eigenvalue weighted by atomic mass is 32.2. The molecular weight excluding hydrogens is 406 g/mol. The summed E-state index contributed by atoms with van der Waals surface area (Å²) in [7, 11) is 0.466. The number of benzene rings is 1. The third-order valence-corrected chi connectivity index (χ3v) is 7.48. The molecule has 8 nitrogen and oxygen atoms in total. The predicted molar refractivity (Wildman–Crippen MR) is 109 cm³/mol. The van der Waals surface area contributed by atoms with Gasteiger partial charge in [0.25, 0.3) is 0 Å². The molecule has 4 aliphatic carbocycles. The number of carbonyl (C=O) groups is 2. The number of methoxy groups -OCH3 is 1. The second-order valence-electron chi connectivity index (χ2n) is 8.81. The molecule has 0 aromatic heterocycles. The molecule has 3 amide bonds. The van der Waals surface area contributed by atoms with E-state index < -0.39 is 28.1 Å². The van der Waals surface area contributed by atoms with Gasteiger partial charge in [-0.05, 0) is 67.6 Å². The minimum atomic E-state index is -2.59. The molecule has 0 spiro atoms. The Morgan fingerprint density at radius 2 is 1.80 bits per heavy atom. The van der Waals surface area contributed by atoms with Crippen molar-refractivity contribution in [2.75, 3.05) is 14.2 Å². The van der Waals surface area contributed by atoms with E-state index in [-0.39, 0.29) is 18.2 Å². The van der Waals surface area contributed by atoms with Gasteiger partial charge in [-0.3, -0.25) is 9.69 Å². The van der Waals surface area contributed by atoms with Crippen molar-refractivity contribution < 1.29 is 22.7 Å². The highest BCUT2D eigenvalue weighted by molar-refractivity contribution is 7.61. The average Bonchev–Trinajstić information content (AvgIpc) is 2.69. The molecule has 5 rings (SSSR count). The molecule has 4 fully saturated rings. The zero-order valence-electron chi connectivity index (χ0n) is 17.2.